The first-order valence-electron chi connectivity index (χ1n) is 5.48. The van der Waals surface area contributed by atoms with Crippen LogP contribution in [0.5, 0.6) is 0 Å². The molecule has 0 saturated heterocycles. The highest BCUT2D eigenvalue weighted by atomic mass is 79.9. The molecule has 0 atom stereocenters. The smallest absolute Gasteiger partial charge is 0.128 e. The van der Waals surface area contributed by atoms with Crippen LogP contribution in [0.2, 0.25) is 0 Å². The van der Waals surface area contributed by atoms with E-state index in [1.54, 1.807) is 6.07 Å². The maximum Gasteiger partial charge on any atom is 0.128 e. The molecule has 1 aliphatic rings. The number of halogens is 2. The lowest BCUT2D eigenvalue weighted by atomic mass is 9.82. The summed E-state index contributed by atoms with van der Waals surface area (Å²) in [5, 5.41) is 12.3. The van der Waals surface area contributed by atoms with Crippen LogP contribution in [-0.2, 0) is 6.54 Å². The molecule has 2 N–H and O–H groups in total. The van der Waals surface area contributed by atoms with Crippen LogP contribution in [0, 0.1) is 11.7 Å². The maximum absolute atomic E-state index is 13.4. The average Bonchev–Trinajstić information content (AvgIpc) is 2.18. The van der Waals surface area contributed by atoms with Gasteiger partial charge in [0.1, 0.15) is 5.82 Å². The van der Waals surface area contributed by atoms with Gasteiger partial charge in [0, 0.05) is 16.6 Å². The predicted molar refractivity (Wildman–Crippen MR) is 64.5 cm³/mol. The van der Waals surface area contributed by atoms with Crippen LogP contribution in [0.25, 0.3) is 0 Å². The number of aliphatic hydroxyl groups is 1. The highest BCUT2D eigenvalue weighted by molar-refractivity contribution is 9.10. The molecule has 1 saturated carbocycles. The van der Waals surface area contributed by atoms with Crippen molar-refractivity contribution in [1.82, 2.24) is 5.32 Å². The van der Waals surface area contributed by atoms with Crippen molar-refractivity contribution in [3.8, 4) is 0 Å². The van der Waals surface area contributed by atoms with Crippen molar-refractivity contribution >= 4 is 15.9 Å². The van der Waals surface area contributed by atoms with Gasteiger partial charge in [-0.05, 0) is 37.4 Å². The van der Waals surface area contributed by atoms with E-state index in [-0.39, 0.29) is 11.9 Å². The van der Waals surface area contributed by atoms with E-state index in [4.69, 9.17) is 5.11 Å². The molecule has 2 nitrogen and oxygen atoms in total. The fourth-order valence-electron chi connectivity index (χ4n) is 1.94. The quantitative estimate of drug-likeness (QED) is 0.892. The Kier molecular flexibility index (Phi) is 3.95. The lowest BCUT2D eigenvalue weighted by Gasteiger charge is -2.31. The second-order valence-corrected chi connectivity index (χ2v) is 5.27. The summed E-state index contributed by atoms with van der Waals surface area (Å²) in [5.74, 6) is 0.365. The number of nitrogens with one attached hydrogen (secondary N) is 1. The lowest BCUT2D eigenvalue weighted by molar-refractivity contribution is 0.0429. The van der Waals surface area contributed by atoms with E-state index in [1.165, 1.54) is 6.07 Å². The minimum atomic E-state index is -0.185. The minimum Gasteiger partial charge on any atom is -0.393 e. The van der Waals surface area contributed by atoms with Crippen LogP contribution < -0.4 is 5.32 Å². The second kappa shape index (κ2) is 5.25. The maximum atomic E-state index is 13.4. The summed E-state index contributed by atoms with van der Waals surface area (Å²) in [5.41, 5.74) is 0.683. The SMILES string of the molecule is OC1CC(CNCc2ccc(Br)cc2F)C1. The summed E-state index contributed by atoms with van der Waals surface area (Å²) in [6.07, 6.45) is 1.63. The van der Waals surface area contributed by atoms with Crippen molar-refractivity contribution in [1.29, 1.82) is 0 Å². The highest BCUT2D eigenvalue weighted by Gasteiger charge is 2.26. The van der Waals surface area contributed by atoms with Crippen LogP contribution in [-0.4, -0.2) is 17.8 Å². The van der Waals surface area contributed by atoms with Gasteiger partial charge < -0.3 is 10.4 Å². The molecule has 0 radical (unpaired) electrons. The average molecular weight is 288 g/mol. The molecule has 16 heavy (non-hydrogen) atoms. The van der Waals surface area contributed by atoms with E-state index in [0.717, 1.165) is 23.9 Å². The first kappa shape index (κ1) is 12.0. The van der Waals surface area contributed by atoms with Crippen LogP contribution in [0.1, 0.15) is 18.4 Å². The molecule has 0 spiro atoms. The van der Waals surface area contributed by atoms with Gasteiger partial charge in [0.15, 0.2) is 0 Å². The zero-order chi connectivity index (χ0) is 11.5. The summed E-state index contributed by atoms with van der Waals surface area (Å²) in [6, 6.07) is 5.10. The van der Waals surface area contributed by atoms with Gasteiger partial charge in [-0.15, -0.1) is 0 Å². The number of hydrogen-bond acceptors (Lipinski definition) is 2. The largest absolute Gasteiger partial charge is 0.393 e. The Labute approximate surface area is 103 Å². The molecular formula is C12H15BrFNO. The molecule has 0 unspecified atom stereocenters. The van der Waals surface area contributed by atoms with Crippen molar-refractivity contribution in [2.75, 3.05) is 6.54 Å². The Bertz CT molecular complexity index is 366. The second-order valence-electron chi connectivity index (χ2n) is 4.36. The monoisotopic (exact) mass is 287 g/mol. The summed E-state index contributed by atoms with van der Waals surface area (Å²) in [4.78, 5) is 0. The van der Waals surface area contributed by atoms with E-state index >= 15 is 0 Å². The normalized spacial score (nSPS) is 24.2. The Balaban J connectivity index is 1.76. The molecule has 0 bridgehead atoms. The molecule has 0 heterocycles. The van der Waals surface area contributed by atoms with Gasteiger partial charge in [-0.25, -0.2) is 4.39 Å². The first-order chi connectivity index (χ1) is 7.65. The minimum absolute atomic E-state index is 0.115. The topological polar surface area (TPSA) is 32.3 Å². The molecule has 1 aromatic rings. The van der Waals surface area contributed by atoms with Crippen LogP contribution in [0.3, 0.4) is 0 Å². The number of aliphatic hydroxyl groups excluding tert-OH is 1. The molecule has 1 fully saturated rings. The molecular weight excluding hydrogens is 273 g/mol. The number of hydrogen-bond donors (Lipinski definition) is 2. The van der Waals surface area contributed by atoms with E-state index in [2.05, 4.69) is 21.2 Å². The third-order valence-electron chi connectivity index (χ3n) is 2.97. The predicted octanol–water partition coefficient (Wildman–Crippen LogP) is 2.45. The van der Waals surface area contributed by atoms with Crippen LogP contribution in [0.4, 0.5) is 4.39 Å². The zero-order valence-corrected chi connectivity index (χ0v) is 10.5. The summed E-state index contributed by atoms with van der Waals surface area (Å²) >= 11 is 3.23. The van der Waals surface area contributed by atoms with Crippen molar-refractivity contribution in [2.24, 2.45) is 5.92 Å². The van der Waals surface area contributed by atoms with E-state index in [9.17, 15) is 4.39 Å². The Morgan fingerprint density at radius 1 is 1.44 bits per heavy atom. The molecule has 1 aromatic carbocycles. The van der Waals surface area contributed by atoms with Gasteiger partial charge in [-0.3, -0.25) is 0 Å². The van der Waals surface area contributed by atoms with Crippen LogP contribution in [0.15, 0.2) is 22.7 Å². The standard InChI is InChI=1S/C12H15BrFNO/c13-10-2-1-9(12(14)5-10)7-15-6-8-3-11(16)4-8/h1-2,5,8,11,15-16H,3-4,6-7H2. The molecule has 1 aliphatic carbocycles. The number of rotatable bonds is 4. The summed E-state index contributed by atoms with van der Waals surface area (Å²) in [6.45, 7) is 1.40. The highest BCUT2D eigenvalue weighted by Crippen LogP contribution is 2.26. The molecule has 0 aromatic heterocycles. The van der Waals surface area contributed by atoms with Gasteiger partial charge in [0.25, 0.3) is 0 Å². The van der Waals surface area contributed by atoms with Crippen LogP contribution >= 0.6 is 15.9 Å². The van der Waals surface area contributed by atoms with Gasteiger partial charge >= 0.3 is 0 Å². The Morgan fingerprint density at radius 3 is 2.81 bits per heavy atom. The summed E-state index contributed by atoms with van der Waals surface area (Å²) < 4.78 is 14.2. The molecule has 2 rings (SSSR count). The van der Waals surface area contributed by atoms with Crippen molar-refractivity contribution in [3.05, 3.63) is 34.1 Å². The fourth-order valence-corrected chi connectivity index (χ4v) is 2.28. The third-order valence-corrected chi connectivity index (χ3v) is 3.47. The Morgan fingerprint density at radius 2 is 2.19 bits per heavy atom. The van der Waals surface area contributed by atoms with Gasteiger partial charge in [-0.1, -0.05) is 22.0 Å². The molecule has 0 aliphatic heterocycles. The molecule has 88 valence electrons. The fraction of sp³-hybridized carbons (Fsp3) is 0.500. The van der Waals surface area contributed by atoms with E-state index in [0.29, 0.717) is 18.0 Å². The number of benzene rings is 1. The lowest BCUT2D eigenvalue weighted by Crippen LogP contribution is -2.36. The van der Waals surface area contributed by atoms with Gasteiger partial charge in [-0.2, -0.15) is 0 Å². The van der Waals surface area contributed by atoms with Crippen molar-refractivity contribution < 1.29 is 9.50 Å². The van der Waals surface area contributed by atoms with Gasteiger partial charge in [0.2, 0.25) is 0 Å². The first-order valence-corrected chi connectivity index (χ1v) is 6.27. The van der Waals surface area contributed by atoms with E-state index in [1.807, 2.05) is 6.07 Å². The van der Waals surface area contributed by atoms with Gasteiger partial charge in [0.05, 0.1) is 6.10 Å². The van der Waals surface area contributed by atoms with Crippen molar-refractivity contribution in [3.63, 3.8) is 0 Å². The zero-order valence-electron chi connectivity index (χ0n) is 8.92. The van der Waals surface area contributed by atoms with Crippen molar-refractivity contribution in [2.45, 2.75) is 25.5 Å². The Hall–Kier alpha value is -0.450. The van der Waals surface area contributed by atoms with E-state index < -0.39 is 0 Å². The third kappa shape index (κ3) is 3.03. The summed E-state index contributed by atoms with van der Waals surface area (Å²) in [7, 11) is 0. The molecule has 4 heteroatoms. The molecule has 0 amide bonds.